The zero-order valence-electron chi connectivity index (χ0n) is 15.6. The Balaban J connectivity index is 1.49. The number of nitrogens with zero attached hydrogens (tertiary/aromatic N) is 4. The first-order valence-corrected chi connectivity index (χ1v) is 9.42. The molecule has 0 aliphatic carbocycles. The van der Waals surface area contributed by atoms with Crippen LogP contribution in [0.15, 0.2) is 35.3 Å². The molecule has 2 amide bonds. The van der Waals surface area contributed by atoms with Crippen molar-refractivity contribution >= 4 is 11.8 Å². The lowest BCUT2D eigenvalue weighted by molar-refractivity contribution is -0.139. The van der Waals surface area contributed by atoms with Crippen molar-refractivity contribution in [2.75, 3.05) is 19.6 Å². The van der Waals surface area contributed by atoms with Gasteiger partial charge in [0.05, 0.1) is 0 Å². The van der Waals surface area contributed by atoms with E-state index in [9.17, 15) is 9.59 Å². The molecular weight excluding hydrogens is 344 g/mol. The normalized spacial score (nSPS) is 23.1. The molecule has 2 aromatic rings. The summed E-state index contributed by atoms with van der Waals surface area (Å²) in [5.41, 5.74) is 1.39. The molecule has 2 saturated heterocycles. The number of rotatable bonds is 3. The van der Waals surface area contributed by atoms with Crippen molar-refractivity contribution in [2.45, 2.75) is 39.2 Å². The first kappa shape index (κ1) is 17.7. The fourth-order valence-electron chi connectivity index (χ4n) is 4.33. The van der Waals surface area contributed by atoms with Gasteiger partial charge in [0.25, 0.3) is 5.91 Å². The first-order valence-electron chi connectivity index (χ1n) is 9.42. The second-order valence-electron chi connectivity index (χ2n) is 7.70. The monoisotopic (exact) mass is 368 g/mol. The lowest BCUT2D eigenvalue weighted by Crippen LogP contribution is -2.54. The fourth-order valence-corrected chi connectivity index (χ4v) is 4.33. The molecule has 7 heteroatoms. The summed E-state index contributed by atoms with van der Waals surface area (Å²) in [4.78, 5) is 37.4. The Hall–Kier alpha value is -2.70. The van der Waals surface area contributed by atoms with Gasteiger partial charge < -0.3 is 14.2 Å². The zero-order valence-corrected chi connectivity index (χ0v) is 15.6. The van der Waals surface area contributed by atoms with Crippen LogP contribution in [0.4, 0.5) is 0 Å². The zero-order chi connectivity index (χ0) is 18.9. The van der Waals surface area contributed by atoms with Crippen molar-refractivity contribution in [3.8, 4) is 0 Å². The summed E-state index contributed by atoms with van der Waals surface area (Å²) in [6, 6.07) is 3.88. The lowest BCUT2D eigenvalue weighted by Gasteiger charge is -2.48. The standard InChI is InChI=1S/C20H24N4O3/c1-15-18(22-14-27-15)19(26)23-9-3-6-20(12-23)7-5-17(25)24(13-20)11-16-4-2-8-21-10-16/h2,4,8,10,14H,3,5-7,9,11-13H2,1H3/t20-/m1/s1. The lowest BCUT2D eigenvalue weighted by atomic mass is 9.73. The van der Waals surface area contributed by atoms with Gasteiger partial charge in [0.1, 0.15) is 5.76 Å². The van der Waals surface area contributed by atoms with E-state index in [2.05, 4.69) is 9.97 Å². The maximum Gasteiger partial charge on any atom is 0.276 e. The molecule has 142 valence electrons. The summed E-state index contributed by atoms with van der Waals surface area (Å²) >= 11 is 0. The molecule has 0 unspecified atom stereocenters. The van der Waals surface area contributed by atoms with Crippen molar-refractivity contribution in [3.05, 3.63) is 47.9 Å². The molecule has 4 heterocycles. The van der Waals surface area contributed by atoms with E-state index in [1.54, 1.807) is 19.3 Å². The highest BCUT2D eigenvalue weighted by Gasteiger charge is 2.43. The molecule has 2 aromatic heterocycles. The third kappa shape index (κ3) is 3.59. The summed E-state index contributed by atoms with van der Waals surface area (Å²) in [6.45, 7) is 4.40. The van der Waals surface area contributed by atoms with Gasteiger partial charge in [0.2, 0.25) is 5.91 Å². The van der Waals surface area contributed by atoms with Crippen molar-refractivity contribution in [1.29, 1.82) is 0 Å². The number of pyridine rings is 1. The summed E-state index contributed by atoms with van der Waals surface area (Å²) in [6.07, 6.45) is 8.19. The predicted octanol–water partition coefficient (Wildman–Crippen LogP) is 2.42. The Morgan fingerprint density at radius 3 is 2.96 bits per heavy atom. The molecule has 0 saturated carbocycles. The van der Waals surface area contributed by atoms with E-state index in [0.29, 0.717) is 37.5 Å². The van der Waals surface area contributed by atoms with E-state index in [1.165, 1.54) is 6.39 Å². The van der Waals surface area contributed by atoms with Crippen molar-refractivity contribution in [2.24, 2.45) is 5.41 Å². The number of piperidine rings is 2. The maximum atomic E-state index is 12.9. The van der Waals surface area contributed by atoms with Crippen LogP contribution in [0.2, 0.25) is 0 Å². The van der Waals surface area contributed by atoms with Gasteiger partial charge >= 0.3 is 0 Å². The highest BCUT2D eigenvalue weighted by atomic mass is 16.3. The molecule has 0 radical (unpaired) electrons. The molecule has 1 spiro atoms. The Morgan fingerprint density at radius 1 is 1.33 bits per heavy atom. The second-order valence-corrected chi connectivity index (χ2v) is 7.70. The topological polar surface area (TPSA) is 79.5 Å². The molecule has 2 aliphatic heterocycles. The molecule has 7 nitrogen and oxygen atoms in total. The minimum absolute atomic E-state index is 0.0400. The van der Waals surface area contributed by atoms with Crippen LogP contribution in [-0.4, -0.2) is 51.2 Å². The quantitative estimate of drug-likeness (QED) is 0.831. The molecule has 0 N–H and O–H groups in total. The van der Waals surface area contributed by atoms with E-state index in [1.807, 2.05) is 21.9 Å². The highest BCUT2D eigenvalue weighted by molar-refractivity contribution is 5.93. The summed E-state index contributed by atoms with van der Waals surface area (Å²) in [7, 11) is 0. The maximum absolute atomic E-state index is 12.9. The Labute approximate surface area is 158 Å². The van der Waals surface area contributed by atoms with Gasteiger partial charge in [-0.15, -0.1) is 0 Å². The minimum atomic E-state index is -0.0731. The van der Waals surface area contributed by atoms with Crippen molar-refractivity contribution in [3.63, 3.8) is 0 Å². The highest BCUT2D eigenvalue weighted by Crippen LogP contribution is 2.39. The van der Waals surface area contributed by atoms with Crippen LogP contribution in [-0.2, 0) is 11.3 Å². The van der Waals surface area contributed by atoms with Crippen LogP contribution in [0, 0.1) is 12.3 Å². The van der Waals surface area contributed by atoms with Gasteiger partial charge in [-0.1, -0.05) is 6.07 Å². The summed E-state index contributed by atoms with van der Waals surface area (Å²) < 4.78 is 5.19. The molecule has 0 aromatic carbocycles. The van der Waals surface area contributed by atoms with Crippen LogP contribution < -0.4 is 0 Å². The number of hydrogen-bond acceptors (Lipinski definition) is 5. The van der Waals surface area contributed by atoms with E-state index in [-0.39, 0.29) is 17.2 Å². The van der Waals surface area contributed by atoms with E-state index in [0.717, 1.165) is 31.4 Å². The molecule has 27 heavy (non-hydrogen) atoms. The Kier molecular flexibility index (Phi) is 4.68. The average molecular weight is 368 g/mol. The van der Waals surface area contributed by atoms with Crippen LogP contribution in [0.1, 0.15) is 47.5 Å². The molecular formula is C20H24N4O3. The number of hydrogen-bond donors (Lipinski definition) is 0. The Morgan fingerprint density at radius 2 is 2.22 bits per heavy atom. The third-order valence-corrected chi connectivity index (χ3v) is 5.74. The number of amides is 2. The number of carbonyl (C=O) groups excluding carboxylic acids is 2. The summed E-state index contributed by atoms with van der Waals surface area (Å²) in [5, 5.41) is 0. The largest absolute Gasteiger partial charge is 0.448 e. The van der Waals surface area contributed by atoms with Crippen LogP contribution in [0.5, 0.6) is 0 Å². The molecule has 2 fully saturated rings. The molecule has 2 aliphatic rings. The van der Waals surface area contributed by atoms with Gasteiger partial charge in [0.15, 0.2) is 12.1 Å². The summed E-state index contributed by atoms with van der Waals surface area (Å²) in [5.74, 6) is 0.660. The minimum Gasteiger partial charge on any atom is -0.448 e. The molecule has 1 atom stereocenters. The van der Waals surface area contributed by atoms with Gasteiger partial charge in [-0.2, -0.15) is 0 Å². The van der Waals surface area contributed by atoms with Crippen LogP contribution >= 0.6 is 0 Å². The van der Waals surface area contributed by atoms with Gasteiger partial charge in [0, 0.05) is 50.4 Å². The number of likely N-dealkylation sites (tertiary alicyclic amines) is 2. The first-order chi connectivity index (χ1) is 13.1. The second kappa shape index (κ2) is 7.13. The van der Waals surface area contributed by atoms with Crippen LogP contribution in [0.25, 0.3) is 0 Å². The van der Waals surface area contributed by atoms with E-state index < -0.39 is 0 Å². The van der Waals surface area contributed by atoms with Crippen molar-refractivity contribution < 1.29 is 14.0 Å². The third-order valence-electron chi connectivity index (χ3n) is 5.74. The van der Waals surface area contributed by atoms with E-state index >= 15 is 0 Å². The number of aromatic nitrogens is 2. The number of carbonyl (C=O) groups is 2. The average Bonchev–Trinajstić information content (AvgIpc) is 3.11. The fraction of sp³-hybridized carbons (Fsp3) is 0.500. The SMILES string of the molecule is Cc1ocnc1C(=O)N1CCC[C@@]2(CCC(=O)N(Cc3cccnc3)C2)C1. The predicted molar refractivity (Wildman–Crippen MR) is 97.7 cm³/mol. The van der Waals surface area contributed by atoms with Crippen molar-refractivity contribution in [1.82, 2.24) is 19.8 Å². The van der Waals surface area contributed by atoms with Gasteiger partial charge in [-0.05, 0) is 37.8 Å². The molecule has 4 rings (SSSR count). The number of oxazole rings is 1. The molecule has 0 bridgehead atoms. The Bertz CT molecular complexity index is 835. The van der Waals surface area contributed by atoms with Crippen LogP contribution in [0.3, 0.4) is 0 Å². The number of aryl methyl sites for hydroxylation is 1. The van der Waals surface area contributed by atoms with E-state index in [4.69, 9.17) is 4.42 Å². The smallest absolute Gasteiger partial charge is 0.276 e. The van der Waals surface area contributed by atoms with Gasteiger partial charge in [-0.3, -0.25) is 14.6 Å². The van der Waals surface area contributed by atoms with Gasteiger partial charge in [-0.25, -0.2) is 4.98 Å².